The Hall–Kier alpha value is -2.66. The van der Waals surface area contributed by atoms with Crippen molar-refractivity contribution in [2.24, 2.45) is 0 Å². The molecular formula is C21H15DyO6. The number of rotatable bonds is 3. The molecule has 0 fully saturated rings. The third kappa shape index (κ3) is 10.5. The predicted octanol–water partition coefficient (Wildman–Crippen LogP) is 0.150. The van der Waals surface area contributed by atoms with Gasteiger partial charge in [-0.05, 0) is 16.7 Å². The fraction of sp³-hybridized carbons (Fsp3) is 0. The van der Waals surface area contributed by atoms with Crippen LogP contribution in [0.2, 0.25) is 0 Å². The molecule has 0 aliphatic rings. The minimum Gasteiger partial charge on any atom is -0.545 e. The SMILES string of the molecule is O=C([O-])c1ccccc1.O=C([O-])c1ccccc1.O=C([O-])c1ccccc1.[Dy+3]. The number of hydrogen-bond acceptors (Lipinski definition) is 6. The molecule has 0 spiro atoms. The number of benzene rings is 3. The van der Waals surface area contributed by atoms with Gasteiger partial charge in [0.1, 0.15) is 0 Å². The molecule has 1 radical (unpaired) electrons. The van der Waals surface area contributed by atoms with Gasteiger partial charge in [-0.2, -0.15) is 0 Å². The van der Waals surface area contributed by atoms with Crippen molar-refractivity contribution in [3.8, 4) is 0 Å². The Morgan fingerprint density at radius 1 is 0.429 bits per heavy atom. The normalized spacial score (nSPS) is 8.57. The van der Waals surface area contributed by atoms with Gasteiger partial charge >= 0.3 is 38.2 Å². The standard InChI is InChI=1S/3C7H6O2.Dy/c3*8-7(9)6-4-2-1-3-5-6;/h3*1-5H,(H,8,9);/q;;;+3/p-3. The molecule has 3 rings (SSSR count). The number of aromatic carboxylic acids is 3. The maximum absolute atomic E-state index is 10.1. The molecule has 3 aromatic rings. The summed E-state index contributed by atoms with van der Waals surface area (Å²) in [5.41, 5.74) is 0.660. The van der Waals surface area contributed by atoms with Crippen molar-refractivity contribution in [3.63, 3.8) is 0 Å². The molecule has 0 aliphatic carbocycles. The Bertz CT molecular complexity index is 734. The molecule has 0 bridgehead atoms. The molecule has 6 nitrogen and oxygen atoms in total. The second-order valence-corrected chi connectivity index (χ2v) is 4.96. The molecule has 0 atom stereocenters. The van der Waals surface area contributed by atoms with E-state index in [1.54, 1.807) is 54.6 Å². The Morgan fingerprint density at radius 3 is 0.714 bits per heavy atom. The summed E-state index contributed by atoms with van der Waals surface area (Å²) in [6.45, 7) is 0. The zero-order valence-corrected chi connectivity index (χ0v) is 16.5. The quantitative estimate of drug-likeness (QED) is 0.480. The Morgan fingerprint density at radius 2 is 0.607 bits per heavy atom. The van der Waals surface area contributed by atoms with Crippen LogP contribution in [-0.4, -0.2) is 17.9 Å². The van der Waals surface area contributed by atoms with E-state index >= 15 is 0 Å². The van der Waals surface area contributed by atoms with Crippen molar-refractivity contribution in [2.45, 2.75) is 0 Å². The molecule has 0 amide bonds. The molecule has 0 saturated heterocycles. The van der Waals surface area contributed by atoms with Crippen LogP contribution in [0.3, 0.4) is 0 Å². The Kier molecular flexibility index (Phi) is 13.0. The fourth-order valence-corrected chi connectivity index (χ4v) is 1.72. The van der Waals surface area contributed by atoms with Crippen LogP contribution in [0.25, 0.3) is 0 Å². The van der Waals surface area contributed by atoms with Crippen LogP contribution in [0.1, 0.15) is 31.1 Å². The third-order valence-corrected chi connectivity index (χ3v) is 3.03. The van der Waals surface area contributed by atoms with E-state index in [4.69, 9.17) is 0 Å². The molecule has 28 heavy (non-hydrogen) atoms. The number of hydrogen-bond donors (Lipinski definition) is 0. The first-order chi connectivity index (χ1) is 12.9. The topological polar surface area (TPSA) is 120 Å². The minimum absolute atomic E-state index is 0. The monoisotopic (exact) mass is 527 g/mol. The second-order valence-electron chi connectivity index (χ2n) is 4.96. The van der Waals surface area contributed by atoms with Crippen molar-refractivity contribution in [1.29, 1.82) is 0 Å². The van der Waals surface area contributed by atoms with Gasteiger partial charge in [0.25, 0.3) is 0 Å². The summed E-state index contributed by atoms with van der Waals surface area (Å²) in [4.78, 5) is 30.3. The molecule has 7 heteroatoms. The number of carbonyl (C=O) groups is 3. The summed E-state index contributed by atoms with van der Waals surface area (Å²) in [6, 6.07) is 24.2. The van der Waals surface area contributed by atoms with Crippen molar-refractivity contribution in [2.75, 3.05) is 0 Å². The third-order valence-electron chi connectivity index (χ3n) is 3.03. The Balaban J connectivity index is 0.000000384. The average molecular weight is 526 g/mol. The van der Waals surface area contributed by atoms with Crippen molar-refractivity contribution in [1.82, 2.24) is 0 Å². The van der Waals surface area contributed by atoms with Gasteiger partial charge in [0, 0.05) is 0 Å². The predicted molar refractivity (Wildman–Crippen MR) is 92.3 cm³/mol. The maximum atomic E-state index is 10.1. The first kappa shape index (κ1) is 25.3. The van der Waals surface area contributed by atoms with Gasteiger partial charge in [-0.3, -0.25) is 0 Å². The largest absolute Gasteiger partial charge is 3.00 e. The molecule has 0 aromatic heterocycles. The van der Waals surface area contributed by atoms with Crippen molar-refractivity contribution >= 4 is 17.9 Å². The Labute approximate surface area is 192 Å². The van der Waals surface area contributed by atoms with Gasteiger partial charge in [0.2, 0.25) is 0 Å². The fourth-order valence-electron chi connectivity index (χ4n) is 1.72. The molecule has 0 heterocycles. The van der Waals surface area contributed by atoms with Gasteiger partial charge < -0.3 is 29.7 Å². The minimum atomic E-state index is -1.13. The van der Waals surface area contributed by atoms with Gasteiger partial charge in [0.15, 0.2) is 0 Å². The summed E-state index contributed by atoms with van der Waals surface area (Å²) in [6.07, 6.45) is 0. The first-order valence-electron chi connectivity index (χ1n) is 7.71. The number of carboxylic acids is 3. The van der Waals surface area contributed by atoms with Crippen LogP contribution in [0.5, 0.6) is 0 Å². The van der Waals surface area contributed by atoms with Crippen molar-refractivity contribution in [3.05, 3.63) is 108 Å². The summed E-state index contributed by atoms with van der Waals surface area (Å²) < 4.78 is 0. The first-order valence-corrected chi connectivity index (χ1v) is 7.71. The van der Waals surface area contributed by atoms with Crippen LogP contribution in [0.15, 0.2) is 91.0 Å². The van der Waals surface area contributed by atoms with Gasteiger partial charge in [-0.15, -0.1) is 0 Å². The average Bonchev–Trinajstić information content (AvgIpc) is 2.71. The second kappa shape index (κ2) is 14.4. The van der Waals surface area contributed by atoms with E-state index in [1.807, 2.05) is 0 Å². The van der Waals surface area contributed by atoms with E-state index in [1.165, 1.54) is 36.4 Å². The summed E-state index contributed by atoms with van der Waals surface area (Å²) in [7, 11) is 0. The number of carbonyl (C=O) groups excluding carboxylic acids is 3. The van der Waals surface area contributed by atoms with Crippen LogP contribution >= 0.6 is 0 Å². The van der Waals surface area contributed by atoms with Crippen LogP contribution < -0.4 is 15.3 Å². The van der Waals surface area contributed by atoms with Gasteiger partial charge in [-0.25, -0.2) is 0 Å². The molecule has 0 N–H and O–H groups in total. The van der Waals surface area contributed by atoms with Gasteiger partial charge in [-0.1, -0.05) is 91.0 Å². The van der Waals surface area contributed by atoms with E-state index in [9.17, 15) is 29.7 Å². The zero-order chi connectivity index (χ0) is 20.1. The zero-order valence-electron chi connectivity index (χ0n) is 14.4. The van der Waals surface area contributed by atoms with Crippen LogP contribution in [-0.2, 0) is 0 Å². The summed E-state index contributed by atoms with van der Waals surface area (Å²) >= 11 is 0. The molecule has 0 aliphatic heterocycles. The smallest absolute Gasteiger partial charge is 0.545 e. The van der Waals surface area contributed by atoms with Gasteiger partial charge in [0.05, 0.1) is 17.9 Å². The summed E-state index contributed by atoms with van der Waals surface area (Å²) in [5, 5.41) is 30.3. The molecule has 145 valence electrons. The summed E-state index contributed by atoms with van der Waals surface area (Å²) in [5.74, 6) is -3.39. The van der Waals surface area contributed by atoms with E-state index < -0.39 is 17.9 Å². The van der Waals surface area contributed by atoms with Crippen molar-refractivity contribution < 1.29 is 67.9 Å². The molecule has 0 unspecified atom stereocenters. The molecule has 0 saturated carbocycles. The van der Waals surface area contributed by atoms with E-state index in [0.29, 0.717) is 0 Å². The molecule has 3 aromatic carbocycles. The number of carboxylic acid groups (broad SMARTS) is 3. The van der Waals surface area contributed by atoms with E-state index in [-0.39, 0.29) is 54.9 Å². The van der Waals surface area contributed by atoms with Crippen LogP contribution in [0, 0.1) is 38.2 Å². The van der Waals surface area contributed by atoms with E-state index in [0.717, 1.165) is 0 Å². The molecular weight excluding hydrogens is 511 g/mol. The van der Waals surface area contributed by atoms with E-state index in [2.05, 4.69) is 0 Å². The maximum Gasteiger partial charge on any atom is 3.00 e. The van der Waals surface area contributed by atoms with Crippen LogP contribution in [0.4, 0.5) is 0 Å².